The Labute approximate surface area is 183 Å². The fraction of sp³-hybridized carbons (Fsp3) is 0.550. The van der Waals surface area contributed by atoms with Crippen molar-refractivity contribution in [2.24, 2.45) is 11.8 Å². The molecule has 0 aliphatic carbocycles. The summed E-state index contributed by atoms with van der Waals surface area (Å²) < 4.78 is 0. The molecular formula is C20H25N3O5S2. The van der Waals surface area contributed by atoms with Gasteiger partial charge in [-0.3, -0.25) is 4.79 Å². The molecule has 0 aromatic carbocycles. The van der Waals surface area contributed by atoms with Crippen LogP contribution in [-0.4, -0.2) is 72.8 Å². The lowest BCUT2D eigenvalue weighted by atomic mass is 9.79. The standard InChI is InChI=1S/C20H25N3O5S2/c1-9-15-14(10(2)24)19(26)23(15)16(20(27)28)17(9)30-12-6-11(22-7-12)8-29-18-13(25)4-3-5-21-18/h3-5,9-12,14-15,22,24-25H,6-8H2,1-2H3,(H,27,28)/t9-,10-,11+,12+,14-,15-/m1/s1. The van der Waals surface area contributed by atoms with Crippen molar-refractivity contribution in [3.63, 3.8) is 0 Å². The maximum absolute atomic E-state index is 12.4. The summed E-state index contributed by atoms with van der Waals surface area (Å²) >= 11 is 3.03. The van der Waals surface area contributed by atoms with E-state index in [-0.39, 0.29) is 40.6 Å². The molecule has 0 radical (unpaired) electrons. The zero-order valence-electron chi connectivity index (χ0n) is 16.7. The smallest absolute Gasteiger partial charge is 0.353 e. The van der Waals surface area contributed by atoms with Crippen LogP contribution in [0.5, 0.6) is 5.75 Å². The van der Waals surface area contributed by atoms with Crippen molar-refractivity contribution < 1.29 is 24.9 Å². The van der Waals surface area contributed by atoms with E-state index in [0.717, 1.165) is 23.6 Å². The summed E-state index contributed by atoms with van der Waals surface area (Å²) in [7, 11) is 0. The molecule has 3 aliphatic heterocycles. The summed E-state index contributed by atoms with van der Waals surface area (Å²) in [5.74, 6) is -1.12. The Bertz CT molecular complexity index is 893. The lowest BCUT2D eigenvalue weighted by Gasteiger charge is -2.46. The molecule has 0 spiro atoms. The number of aliphatic carboxylic acids is 1. The van der Waals surface area contributed by atoms with Gasteiger partial charge < -0.3 is 25.5 Å². The maximum atomic E-state index is 12.4. The molecule has 30 heavy (non-hydrogen) atoms. The summed E-state index contributed by atoms with van der Waals surface area (Å²) in [6.45, 7) is 4.27. The average Bonchev–Trinajstić information content (AvgIpc) is 3.23. The fourth-order valence-corrected chi connectivity index (χ4v) is 7.01. The van der Waals surface area contributed by atoms with Crippen LogP contribution in [0.15, 0.2) is 34.0 Å². The van der Waals surface area contributed by atoms with Crippen LogP contribution in [0.2, 0.25) is 0 Å². The van der Waals surface area contributed by atoms with Crippen LogP contribution in [0.3, 0.4) is 0 Å². The SMILES string of the molecule is C[C@@H](O)[C@H]1C(=O)N2C(C(=O)O)=C(S[C@@H]3CN[C@H](CSc4ncccc4O)C3)[C@H](C)[C@H]12. The van der Waals surface area contributed by atoms with Gasteiger partial charge in [-0.15, -0.1) is 23.5 Å². The van der Waals surface area contributed by atoms with E-state index in [2.05, 4.69) is 10.3 Å². The van der Waals surface area contributed by atoms with Crippen molar-refractivity contribution >= 4 is 35.4 Å². The highest BCUT2D eigenvalue weighted by Gasteiger charge is 2.60. The molecule has 0 bridgehead atoms. The topological polar surface area (TPSA) is 123 Å². The van der Waals surface area contributed by atoms with E-state index < -0.39 is 18.0 Å². The average molecular weight is 452 g/mol. The third-order valence-electron chi connectivity index (χ3n) is 5.96. The lowest BCUT2D eigenvalue weighted by Crippen LogP contribution is -2.63. The number of hydrogen-bond donors (Lipinski definition) is 4. The number of aliphatic hydroxyl groups excluding tert-OH is 1. The number of carbonyl (C=O) groups is 2. The van der Waals surface area contributed by atoms with Gasteiger partial charge >= 0.3 is 5.97 Å². The van der Waals surface area contributed by atoms with Gasteiger partial charge in [-0.2, -0.15) is 0 Å². The van der Waals surface area contributed by atoms with E-state index in [1.54, 1.807) is 25.3 Å². The molecule has 1 amide bonds. The van der Waals surface area contributed by atoms with E-state index in [4.69, 9.17) is 0 Å². The second-order valence-corrected chi connectivity index (χ2v) is 10.3. The number of carboxylic acid groups (broad SMARTS) is 1. The minimum Gasteiger partial charge on any atom is -0.505 e. The highest BCUT2D eigenvalue weighted by atomic mass is 32.2. The molecule has 1 aromatic heterocycles. The van der Waals surface area contributed by atoms with Crippen molar-refractivity contribution in [3.8, 4) is 5.75 Å². The van der Waals surface area contributed by atoms with Gasteiger partial charge in [0.2, 0.25) is 5.91 Å². The normalized spacial score (nSPS) is 31.6. The minimum absolute atomic E-state index is 0.0793. The number of aliphatic hydroxyl groups is 1. The molecule has 1 aromatic rings. The lowest BCUT2D eigenvalue weighted by molar-refractivity contribution is -0.163. The van der Waals surface area contributed by atoms with E-state index in [0.29, 0.717) is 5.03 Å². The number of aromatic nitrogens is 1. The van der Waals surface area contributed by atoms with Gasteiger partial charge in [0.25, 0.3) is 0 Å². The monoisotopic (exact) mass is 451 g/mol. The second kappa shape index (κ2) is 8.41. The van der Waals surface area contributed by atoms with Crippen LogP contribution in [-0.2, 0) is 9.59 Å². The Morgan fingerprint density at radius 2 is 2.23 bits per heavy atom. The predicted octanol–water partition coefficient (Wildman–Crippen LogP) is 1.50. The molecule has 162 valence electrons. The largest absolute Gasteiger partial charge is 0.505 e. The first-order valence-electron chi connectivity index (χ1n) is 9.95. The van der Waals surface area contributed by atoms with Crippen LogP contribution in [0.4, 0.5) is 0 Å². The van der Waals surface area contributed by atoms with Crippen molar-refractivity contribution in [1.82, 2.24) is 15.2 Å². The first-order valence-corrected chi connectivity index (χ1v) is 11.8. The molecule has 2 fully saturated rings. The number of hydrogen-bond acceptors (Lipinski definition) is 8. The zero-order valence-corrected chi connectivity index (χ0v) is 18.3. The molecule has 10 heteroatoms. The highest BCUT2D eigenvalue weighted by molar-refractivity contribution is 8.03. The van der Waals surface area contributed by atoms with E-state index in [1.165, 1.54) is 28.4 Å². The molecule has 0 unspecified atom stereocenters. The molecule has 3 aliphatic rings. The molecule has 0 saturated carbocycles. The fourth-order valence-electron chi connectivity index (χ4n) is 4.53. The number of fused-ring (bicyclic) bond motifs is 1. The van der Waals surface area contributed by atoms with Gasteiger partial charge in [0.05, 0.1) is 18.1 Å². The summed E-state index contributed by atoms with van der Waals surface area (Å²) in [5.41, 5.74) is 0.0793. The van der Waals surface area contributed by atoms with Crippen LogP contribution >= 0.6 is 23.5 Å². The molecule has 4 rings (SSSR count). The van der Waals surface area contributed by atoms with Crippen LogP contribution in [0.25, 0.3) is 0 Å². The number of thioether (sulfide) groups is 2. The number of β-lactam (4-membered cyclic amide) rings is 1. The maximum Gasteiger partial charge on any atom is 0.353 e. The Morgan fingerprint density at radius 3 is 2.90 bits per heavy atom. The summed E-state index contributed by atoms with van der Waals surface area (Å²) in [6, 6.07) is 3.25. The van der Waals surface area contributed by atoms with Gasteiger partial charge in [0.1, 0.15) is 16.5 Å². The van der Waals surface area contributed by atoms with Gasteiger partial charge in [-0.25, -0.2) is 9.78 Å². The highest BCUT2D eigenvalue weighted by Crippen LogP contribution is 2.51. The zero-order chi connectivity index (χ0) is 21.6. The Hall–Kier alpha value is -1.75. The number of nitrogens with one attached hydrogen (secondary N) is 1. The number of pyridine rings is 1. The third kappa shape index (κ3) is 3.70. The first-order chi connectivity index (χ1) is 14.3. The number of carbonyl (C=O) groups excluding carboxylic acids is 1. The van der Waals surface area contributed by atoms with Crippen molar-refractivity contribution in [1.29, 1.82) is 0 Å². The van der Waals surface area contributed by atoms with Crippen molar-refractivity contribution in [2.45, 2.75) is 48.7 Å². The van der Waals surface area contributed by atoms with Crippen LogP contribution < -0.4 is 5.32 Å². The molecule has 6 atom stereocenters. The summed E-state index contributed by atoms with van der Waals surface area (Å²) in [5, 5.41) is 33.8. The van der Waals surface area contributed by atoms with Crippen molar-refractivity contribution in [2.75, 3.05) is 12.3 Å². The van der Waals surface area contributed by atoms with E-state index in [9.17, 15) is 24.9 Å². The van der Waals surface area contributed by atoms with Gasteiger partial charge in [-0.05, 0) is 25.5 Å². The Kier molecular flexibility index (Phi) is 6.02. The van der Waals surface area contributed by atoms with E-state index >= 15 is 0 Å². The number of carboxylic acids is 1. The quantitative estimate of drug-likeness (QED) is 0.361. The van der Waals surface area contributed by atoms with Gasteiger partial charge in [-0.1, -0.05) is 6.92 Å². The third-order valence-corrected chi connectivity index (χ3v) is 8.63. The molecular weight excluding hydrogens is 426 g/mol. The van der Waals surface area contributed by atoms with Crippen LogP contribution in [0, 0.1) is 11.8 Å². The Balaban J connectivity index is 1.41. The van der Waals surface area contributed by atoms with Gasteiger partial charge in [0, 0.05) is 40.6 Å². The first kappa shape index (κ1) is 21.5. The molecule has 4 N–H and O–H groups in total. The molecule has 8 nitrogen and oxygen atoms in total. The predicted molar refractivity (Wildman–Crippen MR) is 114 cm³/mol. The second-order valence-electron chi connectivity index (χ2n) is 7.99. The van der Waals surface area contributed by atoms with Crippen LogP contribution in [0.1, 0.15) is 20.3 Å². The number of amides is 1. The molecule has 4 heterocycles. The molecule has 2 saturated heterocycles. The minimum atomic E-state index is -1.09. The van der Waals surface area contributed by atoms with E-state index in [1.807, 2.05) is 6.92 Å². The summed E-state index contributed by atoms with van der Waals surface area (Å²) in [4.78, 5) is 30.6. The number of nitrogens with zero attached hydrogens (tertiary/aromatic N) is 2. The number of rotatable bonds is 7. The Morgan fingerprint density at radius 1 is 1.47 bits per heavy atom. The van der Waals surface area contributed by atoms with Gasteiger partial charge in [0.15, 0.2) is 0 Å². The van der Waals surface area contributed by atoms with Crippen molar-refractivity contribution in [3.05, 3.63) is 28.9 Å². The number of aromatic hydroxyl groups is 1. The summed E-state index contributed by atoms with van der Waals surface area (Å²) in [6.07, 6.45) is 1.71.